The number of nitrogens with zero attached hydrogens (tertiary/aromatic N) is 2. The van der Waals surface area contributed by atoms with Crippen molar-refractivity contribution in [3.63, 3.8) is 0 Å². The standard InChI is InChI=1S/C19H17ClN4O/c1-13-2-8-16(9-3-13)23-19-21-11-10-17(24-19)18(25)22-12-14-4-6-15(20)7-5-14/h2-11H,12H2,1H3,(H,22,25)(H,21,23,24). The number of benzene rings is 2. The van der Waals surface area contributed by atoms with E-state index >= 15 is 0 Å². The maximum Gasteiger partial charge on any atom is 0.270 e. The lowest BCUT2D eigenvalue weighted by Crippen LogP contribution is -2.24. The third-order valence-electron chi connectivity index (χ3n) is 3.56. The Morgan fingerprint density at radius 1 is 1.04 bits per heavy atom. The first kappa shape index (κ1) is 16.9. The number of amides is 1. The second-order valence-electron chi connectivity index (χ2n) is 5.57. The van der Waals surface area contributed by atoms with E-state index in [-0.39, 0.29) is 5.91 Å². The molecule has 0 radical (unpaired) electrons. The molecule has 1 aromatic heterocycles. The number of nitrogens with one attached hydrogen (secondary N) is 2. The van der Waals surface area contributed by atoms with Gasteiger partial charge in [0.15, 0.2) is 0 Å². The van der Waals surface area contributed by atoms with Crippen LogP contribution in [0.1, 0.15) is 21.6 Å². The van der Waals surface area contributed by atoms with E-state index in [1.807, 2.05) is 43.3 Å². The van der Waals surface area contributed by atoms with Gasteiger partial charge in [0.1, 0.15) is 5.69 Å². The summed E-state index contributed by atoms with van der Waals surface area (Å²) >= 11 is 5.85. The number of rotatable bonds is 5. The monoisotopic (exact) mass is 352 g/mol. The van der Waals surface area contributed by atoms with Gasteiger partial charge in [0.05, 0.1) is 0 Å². The number of hydrogen-bond acceptors (Lipinski definition) is 4. The maximum absolute atomic E-state index is 12.3. The van der Waals surface area contributed by atoms with Crippen molar-refractivity contribution in [2.75, 3.05) is 5.32 Å². The molecule has 1 heterocycles. The molecule has 0 spiro atoms. The fourth-order valence-electron chi connectivity index (χ4n) is 2.19. The fraction of sp³-hybridized carbons (Fsp3) is 0.105. The van der Waals surface area contributed by atoms with Gasteiger partial charge in [-0.25, -0.2) is 9.97 Å². The summed E-state index contributed by atoms with van der Waals surface area (Å²) in [5.74, 6) is 0.118. The number of carbonyl (C=O) groups is 1. The summed E-state index contributed by atoms with van der Waals surface area (Å²) in [6.07, 6.45) is 1.56. The van der Waals surface area contributed by atoms with Gasteiger partial charge in [-0.2, -0.15) is 0 Å². The van der Waals surface area contributed by atoms with Crippen molar-refractivity contribution >= 4 is 29.1 Å². The summed E-state index contributed by atoms with van der Waals surface area (Å²) in [6, 6.07) is 16.8. The molecule has 0 saturated carbocycles. The molecule has 5 nitrogen and oxygen atoms in total. The van der Waals surface area contributed by atoms with Gasteiger partial charge in [-0.1, -0.05) is 41.4 Å². The summed E-state index contributed by atoms with van der Waals surface area (Å²) in [5, 5.41) is 6.59. The van der Waals surface area contributed by atoms with E-state index in [0.717, 1.165) is 11.3 Å². The molecule has 0 aliphatic rings. The van der Waals surface area contributed by atoms with Crippen molar-refractivity contribution < 1.29 is 4.79 Å². The minimum atomic E-state index is -0.260. The van der Waals surface area contributed by atoms with Crippen molar-refractivity contribution in [3.05, 3.63) is 82.6 Å². The second kappa shape index (κ2) is 7.77. The molecule has 6 heteroatoms. The highest BCUT2D eigenvalue weighted by Crippen LogP contribution is 2.14. The van der Waals surface area contributed by atoms with Crippen LogP contribution < -0.4 is 10.6 Å². The lowest BCUT2D eigenvalue weighted by Gasteiger charge is -2.08. The minimum absolute atomic E-state index is 0.260. The van der Waals surface area contributed by atoms with Crippen molar-refractivity contribution in [1.82, 2.24) is 15.3 Å². The average molecular weight is 353 g/mol. The Kier molecular flexibility index (Phi) is 5.26. The first-order valence-electron chi connectivity index (χ1n) is 7.79. The van der Waals surface area contributed by atoms with Crippen molar-refractivity contribution in [3.8, 4) is 0 Å². The molecule has 0 aliphatic heterocycles. The van der Waals surface area contributed by atoms with Crippen molar-refractivity contribution in [2.24, 2.45) is 0 Å². The molecule has 0 bridgehead atoms. The Labute approximate surface area is 151 Å². The van der Waals surface area contributed by atoms with Gasteiger partial charge >= 0.3 is 0 Å². The molecule has 2 N–H and O–H groups in total. The lowest BCUT2D eigenvalue weighted by molar-refractivity contribution is 0.0946. The zero-order valence-corrected chi connectivity index (χ0v) is 14.4. The Hall–Kier alpha value is -2.92. The van der Waals surface area contributed by atoms with E-state index in [9.17, 15) is 4.79 Å². The van der Waals surface area contributed by atoms with Crippen LogP contribution >= 0.6 is 11.6 Å². The van der Waals surface area contributed by atoms with Crippen molar-refractivity contribution in [2.45, 2.75) is 13.5 Å². The van der Waals surface area contributed by atoms with E-state index in [4.69, 9.17) is 11.6 Å². The molecule has 0 unspecified atom stereocenters. The van der Waals surface area contributed by atoms with Gasteiger partial charge in [0.25, 0.3) is 5.91 Å². The van der Waals surface area contributed by atoms with Gasteiger partial charge in [0, 0.05) is 23.5 Å². The Bertz CT molecular complexity index is 863. The number of carbonyl (C=O) groups excluding carboxylic acids is 1. The van der Waals surface area contributed by atoms with E-state index in [0.29, 0.717) is 23.2 Å². The second-order valence-corrected chi connectivity index (χ2v) is 6.00. The Balaban J connectivity index is 1.64. The molecule has 0 atom stereocenters. The first-order valence-corrected chi connectivity index (χ1v) is 8.17. The molecule has 0 saturated heterocycles. The van der Waals surface area contributed by atoms with Crippen LogP contribution in [0.5, 0.6) is 0 Å². The molecule has 3 aromatic rings. The molecule has 0 fully saturated rings. The Morgan fingerprint density at radius 2 is 1.76 bits per heavy atom. The number of halogens is 1. The quantitative estimate of drug-likeness (QED) is 0.725. The molecule has 1 amide bonds. The van der Waals surface area contributed by atoms with E-state index in [1.54, 1.807) is 24.4 Å². The topological polar surface area (TPSA) is 66.9 Å². The highest BCUT2D eigenvalue weighted by molar-refractivity contribution is 6.30. The molecule has 0 aliphatic carbocycles. The van der Waals surface area contributed by atoms with Gasteiger partial charge in [-0.05, 0) is 42.8 Å². The molecular weight excluding hydrogens is 336 g/mol. The van der Waals surface area contributed by atoms with Crippen LogP contribution in [0.25, 0.3) is 0 Å². The predicted molar refractivity (Wildman–Crippen MR) is 99.1 cm³/mol. The molecule has 25 heavy (non-hydrogen) atoms. The summed E-state index contributed by atoms with van der Waals surface area (Å²) in [5.41, 5.74) is 3.30. The van der Waals surface area contributed by atoms with Crippen LogP contribution in [0.3, 0.4) is 0 Å². The minimum Gasteiger partial charge on any atom is -0.347 e. The summed E-state index contributed by atoms with van der Waals surface area (Å²) in [7, 11) is 0. The zero-order chi connectivity index (χ0) is 17.6. The van der Waals surface area contributed by atoms with Crippen LogP contribution in [-0.4, -0.2) is 15.9 Å². The molecule has 2 aromatic carbocycles. The smallest absolute Gasteiger partial charge is 0.270 e. The van der Waals surface area contributed by atoms with Crippen LogP contribution in [0.4, 0.5) is 11.6 Å². The SMILES string of the molecule is Cc1ccc(Nc2nccc(C(=O)NCc3ccc(Cl)cc3)n2)cc1. The third kappa shape index (κ3) is 4.78. The maximum atomic E-state index is 12.3. The zero-order valence-electron chi connectivity index (χ0n) is 13.7. The summed E-state index contributed by atoms with van der Waals surface area (Å²) in [4.78, 5) is 20.7. The average Bonchev–Trinajstić information content (AvgIpc) is 2.63. The molecule has 3 rings (SSSR count). The third-order valence-corrected chi connectivity index (χ3v) is 3.81. The van der Waals surface area contributed by atoms with E-state index in [1.165, 1.54) is 5.56 Å². The Morgan fingerprint density at radius 3 is 2.48 bits per heavy atom. The first-order chi connectivity index (χ1) is 12.1. The predicted octanol–water partition coefficient (Wildman–Crippen LogP) is 4.11. The number of aromatic nitrogens is 2. The van der Waals surface area contributed by atoms with Gasteiger partial charge in [-0.15, -0.1) is 0 Å². The van der Waals surface area contributed by atoms with Gasteiger partial charge < -0.3 is 10.6 Å². The van der Waals surface area contributed by atoms with E-state index in [2.05, 4.69) is 20.6 Å². The largest absolute Gasteiger partial charge is 0.347 e. The number of anilines is 2. The van der Waals surface area contributed by atoms with Crippen molar-refractivity contribution in [1.29, 1.82) is 0 Å². The lowest BCUT2D eigenvalue weighted by atomic mass is 10.2. The van der Waals surface area contributed by atoms with Gasteiger partial charge in [0.2, 0.25) is 5.95 Å². The molecular formula is C19H17ClN4O. The highest BCUT2D eigenvalue weighted by atomic mass is 35.5. The van der Waals surface area contributed by atoms with Crippen LogP contribution in [0, 0.1) is 6.92 Å². The van der Waals surface area contributed by atoms with Crippen LogP contribution in [-0.2, 0) is 6.54 Å². The summed E-state index contributed by atoms with van der Waals surface area (Å²) < 4.78 is 0. The number of aryl methyl sites for hydroxylation is 1. The normalized spacial score (nSPS) is 10.3. The summed E-state index contributed by atoms with van der Waals surface area (Å²) in [6.45, 7) is 2.42. The van der Waals surface area contributed by atoms with Crippen LogP contribution in [0.15, 0.2) is 60.8 Å². The number of hydrogen-bond donors (Lipinski definition) is 2. The van der Waals surface area contributed by atoms with Gasteiger partial charge in [-0.3, -0.25) is 4.79 Å². The van der Waals surface area contributed by atoms with E-state index < -0.39 is 0 Å². The highest BCUT2D eigenvalue weighted by Gasteiger charge is 2.09. The molecule has 126 valence electrons. The van der Waals surface area contributed by atoms with Crippen LogP contribution in [0.2, 0.25) is 5.02 Å². The fourth-order valence-corrected chi connectivity index (χ4v) is 2.31.